The molecule has 1 aliphatic rings. The second-order valence-corrected chi connectivity index (χ2v) is 6.51. The first-order valence-electron chi connectivity index (χ1n) is 8.09. The minimum Gasteiger partial charge on any atom is -0.376 e. The van der Waals surface area contributed by atoms with Crippen molar-refractivity contribution in [1.29, 1.82) is 0 Å². The van der Waals surface area contributed by atoms with Crippen LogP contribution < -0.4 is 15.1 Å². The van der Waals surface area contributed by atoms with Gasteiger partial charge in [0.25, 0.3) is 0 Å². The number of nitrogens with one attached hydrogen (secondary N) is 1. The van der Waals surface area contributed by atoms with E-state index in [1.54, 1.807) is 35.4 Å². The van der Waals surface area contributed by atoms with Gasteiger partial charge in [0.15, 0.2) is 5.82 Å². The summed E-state index contributed by atoms with van der Waals surface area (Å²) in [7, 11) is 3.94. The topological polar surface area (TPSA) is 64.6 Å². The average molecular weight is 361 g/mol. The Hall–Kier alpha value is -2.54. The summed E-state index contributed by atoms with van der Waals surface area (Å²) in [6.07, 6.45) is 1.74. The third-order valence-corrected chi connectivity index (χ3v) is 4.38. The standard InChI is InChI=1S/C17H21ClN6O/c1-22(2)15-11-16(21-19-12-15)23-7-9-24(10-8-23)17(25)20-14-5-3-13(18)4-6-14/h3-6,11-12H,7-10H2,1-2H3,(H,20,25). The van der Waals surface area contributed by atoms with Crippen LogP contribution in [0.5, 0.6) is 0 Å². The normalized spacial score (nSPS) is 14.4. The molecule has 0 atom stereocenters. The van der Waals surface area contributed by atoms with Crippen LogP contribution in [0, 0.1) is 0 Å². The Bertz CT molecular complexity index is 728. The zero-order chi connectivity index (χ0) is 17.8. The quantitative estimate of drug-likeness (QED) is 0.911. The highest BCUT2D eigenvalue weighted by Crippen LogP contribution is 2.19. The first-order valence-corrected chi connectivity index (χ1v) is 8.47. The monoisotopic (exact) mass is 360 g/mol. The van der Waals surface area contributed by atoms with Crippen molar-refractivity contribution in [2.24, 2.45) is 0 Å². The number of hydrogen-bond acceptors (Lipinski definition) is 5. The molecule has 0 bridgehead atoms. The number of rotatable bonds is 3. The van der Waals surface area contributed by atoms with E-state index in [2.05, 4.69) is 20.4 Å². The number of piperazine rings is 1. The highest BCUT2D eigenvalue weighted by atomic mass is 35.5. The van der Waals surface area contributed by atoms with E-state index < -0.39 is 0 Å². The number of anilines is 3. The van der Waals surface area contributed by atoms with Gasteiger partial charge in [-0.3, -0.25) is 0 Å². The molecule has 1 aliphatic heterocycles. The van der Waals surface area contributed by atoms with E-state index in [0.717, 1.165) is 30.3 Å². The molecule has 1 aromatic carbocycles. The molecule has 0 aliphatic carbocycles. The second-order valence-electron chi connectivity index (χ2n) is 6.08. The SMILES string of the molecule is CN(C)c1cnnc(N2CCN(C(=O)Nc3ccc(Cl)cc3)CC2)c1. The Kier molecular flexibility index (Phi) is 5.23. The molecule has 25 heavy (non-hydrogen) atoms. The third-order valence-electron chi connectivity index (χ3n) is 4.13. The first-order chi connectivity index (χ1) is 12.0. The number of benzene rings is 1. The maximum Gasteiger partial charge on any atom is 0.321 e. The highest BCUT2D eigenvalue weighted by molar-refractivity contribution is 6.30. The van der Waals surface area contributed by atoms with Crippen LogP contribution in [0.4, 0.5) is 22.0 Å². The fraction of sp³-hybridized carbons (Fsp3) is 0.353. The van der Waals surface area contributed by atoms with Crippen molar-refractivity contribution in [2.45, 2.75) is 0 Å². The van der Waals surface area contributed by atoms with Crippen molar-refractivity contribution >= 4 is 34.8 Å². The molecule has 2 aromatic rings. The molecule has 1 aromatic heterocycles. The highest BCUT2D eigenvalue weighted by Gasteiger charge is 2.22. The number of aromatic nitrogens is 2. The molecule has 8 heteroatoms. The van der Waals surface area contributed by atoms with Crippen LogP contribution >= 0.6 is 11.6 Å². The van der Waals surface area contributed by atoms with Crippen LogP contribution in [0.2, 0.25) is 5.02 Å². The van der Waals surface area contributed by atoms with E-state index in [1.807, 2.05) is 25.1 Å². The predicted octanol–water partition coefficient (Wildman–Crippen LogP) is 2.55. The van der Waals surface area contributed by atoms with Crippen molar-refractivity contribution < 1.29 is 4.79 Å². The van der Waals surface area contributed by atoms with Gasteiger partial charge in [-0.1, -0.05) is 11.6 Å². The number of amides is 2. The zero-order valence-electron chi connectivity index (χ0n) is 14.3. The Morgan fingerprint density at radius 3 is 2.48 bits per heavy atom. The average Bonchev–Trinajstić information content (AvgIpc) is 2.64. The van der Waals surface area contributed by atoms with Gasteiger partial charge in [-0.25, -0.2) is 4.79 Å². The number of nitrogens with zero attached hydrogens (tertiary/aromatic N) is 5. The van der Waals surface area contributed by atoms with Gasteiger partial charge < -0.3 is 20.0 Å². The number of carbonyl (C=O) groups excluding carboxylic acids is 1. The maximum absolute atomic E-state index is 12.4. The van der Waals surface area contributed by atoms with E-state index in [-0.39, 0.29) is 6.03 Å². The van der Waals surface area contributed by atoms with Gasteiger partial charge in [0.05, 0.1) is 11.9 Å². The fourth-order valence-corrected chi connectivity index (χ4v) is 2.75. The first kappa shape index (κ1) is 17.3. The van der Waals surface area contributed by atoms with Gasteiger partial charge >= 0.3 is 6.03 Å². The van der Waals surface area contributed by atoms with Crippen LogP contribution in [0.1, 0.15) is 0 Å². The van der Waals surface area contributed by atoms with Crippen molar-refractivity contribution in [3.63, 3.8) is 0 Å². The predicted molar refractivity (Wildman–Crippen MR) is 101 cm³/mol. The van der Waals surface area contributed by atoms with Gasteiger partial charge in [0.2, 0.25) is 0 Å². The molecule has 3 rings (SSSR count). The zero-order valence-corrected chi connectivity index (χ0v) is 15.1. The molecule has 0 unspecified atom stereocenters. The van der Waals surface area contributed by atoms with Gasteiger partial charge in [-0.2, -0.15) is 5.10 Å². The van der Waals surface area contributed by atoms with Gasteiger partial charge in [-0.15, -0.1) is 5.10 Å². The summed E-state index contributed by atoms with van der Waals surface area (Å²) in [5, 5.41) is 11.8. The van der Waals surface area contributed by atoms with E-state index in [1.165, 1.54) is 0 Å². The summed E-state index contributed by atoms with van der Waals surface area (Å²) in [5.74, 6) is 0.837. The lowest BCUT2D eigenvalue weighted by Gasteiger charge is -2.35. The minimum absolute atomic E-state index is 0.102. The van der Waals surface area contributed by atoms with Crippen LogP contribution in [-0.4, -0.2) is 61.4 Å². The van der Waals surface area contributed by atoms with Crippen molar-refractivity contribution in [3.8, 4) is 0 Å². The Morgan fingerprint density at radius 1 is 1.16 bits per heavy atom. The van der Waals surface area contributed by atoms with E-state index >= 15 is 0 Å². The molecule has 1 fully saturated rings. The third kappa shape index (κ3) is 4.30. The molecule has 1 N–H and O–H groups in total. The summed E-state index contributed by atoms with van der Waals surface area (Å²) in [5.41, 5.74) is 1.74. The minimum atomic E-state index is -0.102. The van der Waals surface area contributed by atoms with Gasteiger partial charge in [0, 0.05) is 57.1 Å². The largest absolute Gasteiger partial charge is 0.376 e. The molecule has 0 spiro atoms. The van der Waals surface area contributed by atoms with Crippen LogP contribution in [0.25, 0.3) is 0 Å². The number of hydrogen-bond donors (Lipinski definition) is 1. The number of urea groups is 1. The lowest BCUT2D eigenvalue weighted by molar-refractivity contribution is 0.208. The van der Waals surface area contributed by atoms with E-state index in [9.17, 15) is 4.79 Å². The summed E-state index contributed by atoms with van der Waals surface area (Å²) in [6.45, 7) is 2.71. The van der Waals surface area contributed by atoms with Crippen LogP contribution in [0.15, 0.2) is 36.5 Å². The van der Waals surface area contributed by atoms with Crippen molar-refractivity contribution in [2.75, 3.05) is 55.4 Å². The molecule has 1 saturated heterocycles. The lowest BCUT2D eigenvalue weighted by Crippen LogP contribution is -2.50. The molecule has 132 valence electrons. The van der Waals surface area contributed by atoms with E-state index in [4.69, 9.17) is 11.6 Å². The van der Waals surface area contributed by atoms with E-state index in [0.29, 0.717) is 18.1 Å². The maximum atomic E-state index is 12.4. The molecular formula is C17H21ClN6O. The Morgan fingerprint density at radius 2 is 1.84 bits per heavy atom. The molecule has 0 saturated carbocycles. The molecule has 2 amide bonds. The summed E-state index contributed by atoms with van der Waals surface area (Å²) in [4.78, 5) is 18.3. The van der Waals surface area contributed by atoms with Crippen LogP contribution in [-0.2, 0) is 0 Å². The number of carbonyl (C=O) groups is 1. The lowest BCUT2D eigenvalue weighted by atomic mass is 10.3. The van der Waals surface area contributed by atoms with Crippen molar-refractivity contribution in [1.82, 2.24) is 15.1 Å². The Balaban J connectivity index is 1.57. The summed E-state index contributed by atoms with van der Waals surface area (Å²) >= 11 is 5.86. The molecule has 0 radical (unpaired) electrons. The van der Waals surface area contributed by atoms with Gasteiger partial charge in [0.1, 0.15) is 0 Å². The number of halogens is 1. The second kappa shape index (κ2) is 7.57. The molecular weight excluding hydrogens is 340 g/mol. The molecule has 2 heterocycles. The van der Waals surface area contributed by atoms with Crippen LogP contribution in [0.3, 0.4) is 0 Å². The smallest absolute Gasteiger partial charge is 0.321 e. The summed E-state index contributed by atoms with van der Waals surface area (Å²) < 4.78 is 0. The molecule has 7 nitrogen and oxygen atoms in total. The summed E-state index contributed by atoms with van der Waals surface area (Å²) in [6, 6.07) is 9.00. The van der Waals surface area contributed by atoms with Gasteiger partial charge in [-0.05, 0) is 24.3 Å². The van der Waals surface area contributed by atoms with Crippen molar-refractivity contribution in [3.05, 3.63) is 41.6 Å². The Labute approximate surface area is 152 Å². The fourth-order valence-electron chi connectivity index (χ4n) is 2.62.